The van der Waals surface area contributed by atoms with Crippen molar-refractivity contribution < 1.29 is 8.42 Å². The smallest absolute Gasteiger partial charge is 0.240 e. The Morgan fingerprint density at radius 2 is 1.71 bits per heavy atom. The van der Waals surface area contributed by atoms with Crippen LogP contribution in [-0.4, -0.2) is 39.0 Å². The zero-order valence-corrected chi connectivity index (χ0v) is 15.7. The third-order valence-electron chi connectivity index (χ3n) is 5.65. The van der Waals surface area contributed by atoms with Crippen LogP contribution in [0.2, 0.25) is 0 Å². The molecule has 1 aromatic rings. The molecule has 5 heteroatoms. The molecular formula is C19H30N2O2S. The van der Waals surface area contributed by atoms with Crippen LogP contribution in [0.4, 0.5) is 0 Å². The van der Waals surface area contributed by atoms with Gasteiger partial charge in [-0.3, -0.25) is 4.90 Å². The van der Waals surface area contributed by atoms with Crippen molar-refractivity contribution in [2.75, 3.05) is 13.6 Å². The predicted molar refractivity (Wildman–Crippen MR) is 97.7 cm³/mol. The number of nitrogens with zero attached hydrogens (tertiary/aromatic N) is 1. The summed E-state index contributed by atoms with van der Waals surface area (Å²) >= 11 is 0. The highest BCUT2D eigenvalue weighted by Gasteiger charge is 2.29. The molecule has 2 aliphatic carbocycles. The van der Waals surface area contributed by atoms with Crippen LogP contribution in [0.3, 0.4) is 0 Å². The fourth-order valence-electron chi connectivity index (χ4n) is 3.65. The number of hydrogen-bond acceptors (Lipinski definition) is 3. The van der Waals surface area contributed by atoms with E-state index in [-0.39, 0.29) is 6.04 Å². The van der Waals surface area contributed by atoms with Gasteiger partial charge in [-0.05, 0) is 63.3 Å². The van der Waals surface area contributed by atoms with Crippen LogP contribution in [0.25, 0.3) is 0 Å². The monoisotopic (exact) mass is 350 g/mol. The van der Waals surface area contributed by atoms with E-state index in [1.54, 1.807) is 12.1 Å². The lowest BCUT2D eigenvalue weighted by Gasteiger charge is -2.24. The maximum absolute atomic E-state index is 12.5. The molecule has 1 unspecified atom stereocenters. The summed E-state index contributed by atoms with van der Waals surface area (Å²) in [7, 11) is -1.34. The number of nitrogens with one attached hydrogen (secondary N) is 1. The Balaban J connectivity index is 1.59. The second-order valence-corrected chi connectivity index (χ2v) is 9.27. The van der Waals surface area contributed by atoms with Crippen molar-refractivity contribution in [2.45, 2.75) is 74.8 Å². The number of benzene rings is 1. The SMILES string of the molecule is CC(CNS(=O)(=O)c1ccc(C2CCCCC2)cc1)N(C)C1CC1. The summed E-state index contributed by atoms with van der Waals surface area (Å²) in [5.74, 6) is 0.607. The summed E-state index contributed by atoms with van der Waals surface area (Å²) < 4.78 is 27.8. The number of likely N-dealkylation sites (N-methyl/N-ethyl adjacent to an activating group) is 1. The molecule has 0 aromatic heterocycles. The topological polar surface area (TPSA) is 49.4 Å². The van der Waals surface area contributed by atoms with Crippen LogP contribution in [0.15, 0.2) is 29.2 Å². The molecule has 0 saturated heterocycles. The van der Waals surface area contributed by atoms with Gasteiger partial charge in [0.05, 0.1) is 4.90 Å². The zero-order chi connectivity index (χ0) is 17.2. The molecular weight excluding hydrogens is 320 g/mol. The van der Waals surface area contributed by atoms with Crippen LogP contribution in [0.5, 0.6) is 0 Å². The average molecular weight is 351 g/mol. The van der Waals surface area contributed by atoms with Crippen molar-refractivity contribution in [3.05, 3.63) is 29.8 Å². The highest BCUT2D eigenvalue weighted by atomic mass is 32.2. The van der Waals surface area contributed by atoms with E-state index in [2.05, 4.69) is 23.6 Å². The Labute approximate surface area is 146 Å². The standard InChI is InChI=1S/C19H30N2O2S/c1-15(21(2)18-10-11-18)14-20-24(22,23)19-12-8-17(9-13-19)16-6-4-3-5-7-16/h8-9,12-13,15-16,18,20H,3-7,10-11,14H2,1-2H3. The van der Waals surface area contributed by atoms with E-state index in [1.807, 2.05) is 12.1 Å². The fraction of sp³-hybridized carbons (Fsp3) is 0.684. The lowest BCUT2D eigenvalue weighted by atomic mass is 9.84. The first-order valence-electron chi connectivity index (χ1n) is 9.29. The molecule has 2 fully saturated rings. The predicted octanol–water partition coefficient (Wildman–Crippen LogP) is 3.50. The lowest BCUT2D eigenvalue weighted by molar-refractivity contribution is 0.248. The molecule has 0 spiro atoms. The van der Waals surface area contributed by atoms with Crippen molar-refractivity contribution in [2.24, 2.45) is 0 Å². The minimum absolute atomic E-state index is 0.216. The summed E-state index contributed by atoms with van der Waals surface area (Å²) in [6.45, 7) is 2.53. The van der Waals surface area contributed by atoms with E-state index in [9.17, 15) is 8.42 Å². The molecule has 0 amide bonds. The summed E-state index contributed by atoms with van der Waals surface area (Å²) in [6.07, 6.45) is 8.84. The van der Waals surface area contributed by atoms with Crippen molar-refractivity contribution in [3.8, 4) is 0 Å². The van der Waals surface area contributed by atoms with Gasteiger partial charge in [-0.2, -0.15) is 0 Å². The van der Waals surface area contributed by atoms with Gasteiger partial charge < -0.3 is 0 Å². The first-order chi connectivity index (χ1) is 11.5. The Kier molecular flexibility index (Phi) is 5.63. The third kappa shape index (κ3) is 4.38. The van der Waals surface area contributed by atoms with Crippen LogP contribution in [0.1, 0.15) is 63.4 Å². The van der Waals surface area contributed by atoms with Crippen molar-refractivity contribution in [1.82, 2.24) is 9.62 Å². The van der Waals surface area contributed by atoms with Crippen molar-refractivity contribution >= 4 is 10.0 Å². The van der Waals surface area contributed by atoms with Crippen LogP contribution < -0.4 is 4.72 Å². The first-order valence-corrected chi connectivity index (χ1v) is 10.8. The van der Waals surface area contributed by atoms with Crippen LogP contribution >= 0.6 is 0 Å². The largest absolute Gasteiger partial charge is 0.299 e. The normalized spacial score (nSPS) is 21.1. The number of hydrogen-bond donors (Lipinski definition) is 1. The summed E-state index contributed by atoms with van der Waals surface area (Å²) in [6, 6.07) is 8.39. The van der Waals surface area contributed by atoms with Gasteiger partial charge in [-0.25, -0.2) is 13.1 Å². The Hall–Kier alpha value is -0.910. The van der Waals surface area contributed by atoms with E-state index >= 15 is 0 Å². The summed E-state index contributed by atoms with van der Waals surface area (Å²) in [4.78, 5) is 2.65. The van der Waals surface area contributed by atoms with E-state index in [0.717, 1.165) is 0 Å². The minimum atomic E-state index is -3.42. The first kappa shape index (κ1) is 17.9. The van der Waals surface area contributed by atoms with E-state index in [1.165, 1.54) is 50.5 Å². The quantitative estimate of drug-likeness (QED) is 0.819. The molecule has 1 aromatic carbocycles. The Bertz CT molecular complexity index is 632. The molecule has 0 aliphatic heterocycles. The zero-order valence-electron chi connectivity index (χ0n) is 14.9. The third-order valence-corrected chi connectivity index (χ3v) is 7.09. The molecule has 0 radical (unpaired) electrons. The van der Waals surface area contributed by atoms with Crippen molar-refractivity contribution in [1.29, 1.82) is 0 Å². The molecule has 0 bridgehead atoms. The Morgan fingerprint density at radius 3 is 2.29 bits per heavy atom. The Morgan fingerprint density at radius 1 is 1.08 bits per heavy atom. The molecule has 2 aliphatic rings. The summed E-state index contributed by atoms with van der Waals surface area (Å²) in [5.41, 5.74) is 1.29. The summed E-state index contributed by atoms with van der Waals surface area (Å²) in [5, 5.41) is 0. The molecule has 134 valence electrons. The van der Waals surface area contributed by atoms with Crippen LogP contribution in [0, 0.1) is 0 Å². The van der Waals surface area contributed by atoms with E-state index in [0.29, 0.717) is 23.4 Å². The number of sulfonamides is 1. The molecule has 24 heavy (non-hydrogen) atoms. The second-order valence-electron chi connectivity index (χ2n) is 7.50. The minimum Gasteiger partial charge on any atom is -0.299 e. The molecule has 2 saturated carbocycles. The van der Waals surface area contributed by atoms with Crippen LogP contribution in [-0.2, 0) is 10.0 Å². The highest BCUT2D eigenvalue weighted by molar-refractivity contribution is 7.89. The van der Waals surface area contributed by atoms with Gasteiger partial charge in [0.1, 0.15) is 0 Å². The molecule has 3 rings (SSSR count). The maximum atomic E-state index is 12.5. The molecule has 4 nitrogen and oxygen atoms in total. The second kappa shape index (κ2) is 7.54. The van der Waals surface area contributed by atoms with Gasteiger partial charge in [-0.15, -0.1) is 0 Å². The molecule has 1 N–H and O–H groups in total. The van der Waals surface area contributed by atoms with Gasteiger partial charge in [0, 0.05) is 18.6 Å². The molecule has 0 heterocycles. The highest BCUT2D eigenvalue weighted by Crippen LogP contribution is 2.33. The lowest BCUT2D eigenvalue weighted by Crippen LogP contribution is -2.41. The van der Waals surface area contributed by atoms with Gasteiger partial charge in [-0.1, -0.05) is 31.4 Å². The maximum Gasteiger partial charge on any atom is 0.240 e. The average Bonchev–Trinajstić information content (AvgIpc) is 3.45. The van der Waals surface area contributed by atoms with Crippen molar-refractivity contribution in [3.63, 3.8) is 0 Å². The fourth-order valence-corrected chi connectivity index (χ4v) is 4.78. The van der Waals surface area contributed by atoms with Gasteiger partial charge in [0.2, 0.25) is 10.0 Å². The number of rotatable bonds is 7. The van der Waals surface area contributed by atoms with Gasteiger partial charge in [0.15, 0.2) is 0 Å². The van der Waals surface area contributed by atoms with E-state index < -0.39 is 10.0 Å². The molecule has 1 atom stereocenters. The van der Waals surface area contributed by atoms with E-state index in [4.69, 9.17) is 0 Å². The van der Waals surface area contributed by atoms with Gasteiger partial charge in [0.25, 0.3) is 0 Å². The van der Waals surface area contributed by atoms with Gasteiger partial charge >= 0.3 is 0 Å².